The molecule has 0 fully saturated rings. The first kappa shape index (κ1) is 17.9. The zero-order valence-corrected chi connectivity index (χ0v) is 15.6. The topological polar surface area (TPSA) is 58.1 Å². The number of hydrogen-bond acceptors (Lipinski definition) is 4. The number of aryl methyl sites for hydroxylation is 2. The number of carbonyl (C=O) groups is 1. The average Bonchev–Trinajstić information content (AvgIpc) is 2.64. The third-order valence-corrected chi connectivity index (χ3v) is 4.20. The van der Waals surface area contributed by atoms with Crippen LogP contribution < -0.4 is 10.2 Å². The highest BCUT2D eigenvalue weighted by Crippen LogP contribution is 2.24. The molecule has 1 heterocycles. The Labute approximate surface area is 157 Å². The van der Waals surface area contributed by atoms with Crippen LogP contribution in [0.4, 0.5) is 17.2 Å². The minimum atomic E-state index is -0.201. The molecule has 3 aromatic rings. The summed E-state index contributed by atoms with van der Waals surface area (Å²) in [4.78, 5) is 23.0. The number of halogens is 1. The van der Waals surface area contributed by atoms with Gasteiger partial charge in [0.2, 0.25) is 0 Å². The Morgan fingerprint density at radius 2 is 1.77 bits per heavy atom. The highest BCUT2D eigenvalue weighted by molar-refractivity contribution is 6.30. The quantitative estimate of drug-likeness (QED) is 0.722. The molecule has 132 valence electrons. The van der Waals surface area contributed by atoms with Crippen LogP contribution in [0.15, 0.2) is 54.6 Å². The lowest BCUT2D eigenvalue weighted by molar-refractivity contribution is 0.0988. The van der Waals surface area contributed by atoms with Crippen LogP contribution in [0.1, 0.15) is 21.9 Å². The molecule has 0 unspecified atom stereocenters. The van der Waals surface area contributed by atoms with Crippen molar-refractivity contribution in [2.24, 2.45) is 0 Å². The number of nitrogens with one attached hydrogen (secondary N) is 1. The smallest absolute Gasteiger partial charge is 0.276 e. The average molecular weight is 367 g/mol. The Morgan fingerprint density at radius 3 is 2.50 bits per heavy atom. The zero-order chi connectivity index (χ0) is 18.7. The van der Waals surface area contributed by atoms with Crippen molar-refractivity contribution in [3.05, 3.63) is 76.7 Å². The maximum Gasteiger partial charge on any atom is 0.276 e. The largest absolute Gasteiger partial charge is 0.340 e. The lowest BCUT2D eigenvalue weighted by Crippen LogP contribution is -2.27. The van der Waals surface area contributed by atoms with Crippen molar-refractivity contribution in [3.8, 4) is 0 Å². The Balaban J connectivity index is 1.90. The second-order valence-electron chi connectivity index (χ2n) is 5.97. The molecule has 2 aromatic carbocycles. The number of benzene rings is 2. The molecule has 0 aliphatic carbocycles. The van der Waals surface area contributed by atoms with Gasteiger partial charge in [0, 0.05) is 29.5 Å². The van der Waals surface area contributed by atoms with E-state index in [0.717, 1.165) is 16.9 Å². The number of amides is 1. The molecule has 0 saturated heterocycles. The van der Waals surface area contributed by atoms with Crippen molar-refractivity contribution in [3.63, 3.8) is 0 Å². The van der Waals surface area contributed by atoms with Crippen LogP contribution in [0.5, 0.6) is 0 Å². The Hall–Kier alpha value is -2.92. The van der Waals surface area contributed by atoms with Gasteiger partial charge in [-0.1, -0.05) is 35.9 Å². The van der Waals surface area contributed by atoms with E-state index in [-0.39, 0.29) is 5.91 Å². The number of rotatable bonds is 4. The Bertz CT molecular complexity index is 944. The molecule has 1 amide bonds. The highest BCUT2D eigenvalue weighted by Gasteiger charge is 2.17. The van der Waals surface area contributed by atoms with E-state index >= 15 is 0 Å². The summed E-state index contributed by atoms with van der Waals surface area (Å²) < 4.78 is 0. The molecule has 1 N–H and O–H groups in total. The third kappa shape index (κ3) is 4.00. The van der Waals surface area contributed by atoms with Gasteiger partial charge in [-0.15, -0.1) is 0 Å². The van der Waals surface area contributed by atoms with Gasteiger partial charge in [-0.05, 0) is 43.7 Å². The molecule has 0 saturated carbocycles. The first-order valence-corrected chi connectivity index (χ1v) is 8.54. The van der Waals surface area contributed by atoms with E-state index in [9.17, 15) is 4.79 Å². The number of aromatic nitrogens is 2. The standard InChI is InChI=1S/C20H19ClN4O/c1-13-9-10-15(21)11-17(13)24-19-12-18(22-14(2)23-19)20(26)25(3)16-7-5-4-6-8-16/h4-12H,1-3H3,(H,22,23,24). The summed E-state index contributed by atoms with van der Waals surface area (Å²) in [5, 5.41) is 3.85. The van der Waals surface area contributed by atoms with Gasteiger partial charge in [-0.3, -0.25) is 4.79 Å². The minimum Gasteiger partial charge on any atom is -0.340 e. The minimum absolute atomic E-state index is 0.201. The molecule has 0 atom stereocenters. The van der Waals surface area contributed by atoms with Gasteiger partial charge in [0.1, 0.15) is 17.3 Å². The summed E-state index contributed by atoms with van der Waals surface area (Å²) in [6.45, 7) is 3.73. The van der Waals surface area contributed by atoms with Crippen molar-refractivity contribution in [2.75, 3.05) is 17.3 Å². The van der Waals surface area contributed by atoms with Crippen molar-refractivity contribution in [2.45, 2.75) is 13.8 Å². The fourth-order valence-electron chi connectivity index (χ4n) is 2.55. The van der Waals surface area contributed by atoms with Gasteiger partial charge in [0.15, 0.2) is 0 Å². The second kappa shape index (κ2) is 7.54. The number of hydrogen-bond donors (Lipinski definition) is 1. The normalized spacial score (nSPS) is 10.5. The molecule has 0 bridgehead atoms. The van der Waals surface area contributed by atoms with Gasteiger partial charge in [-0.2, -0.15) is 0 Å². The van der Waals surface area contributed by atoms with Crippen LogP contribution in [0, 0.1) is 13.8 Å². The summed E-state index contributed by atoms with van der Waals surface area (Å²) >= 11 is 6.07. The summed E-state index contributed by atoms with van der Waals surface area (Å²) in [7, 11) is 1.73. The number of para-hydroxylation sites is 1. The molecular formula is C20H19ClN4O. The first-order chi connectivity index (χ1) is 12.4. The van der Waals surface area contributed by atoms with E-state index in [1.807, 2.05) is 55.5 Å². The molecule has 0 aliphatic heterocycles. The molecule has 26 heavy (non-hydrogen) atoms. The van der Waals surface area contributed by atoms with Gasteiger partial charge >= 0.3 is 0 Å². The summed E-state index contributed by atoms with van der Waals surface area (Å²) in [5.74, 6) is 0.861. The molecule has 3 rings (SSSR count). The lowest BCUT2D eigenvalue weighted by atomic mass is 10.2. The number of anilines is 3. The SMILES string of the molecule is Cc1nc(Nc2cc(Cl)ccc2C)cc(C(=O)N(C)c2ccccc2)n1. The van der Waals surface area contributed by atoms with Gasteiger partial charge in [0.05, 0.1) is 0 Å². The summed E-state index contributed by atoms with van der Waals surface area (Å²) in [5.41, 5.74) is 2.99. The van der Waals surface area contributed by atoms with Crippen LogP contribution >= 0.6 is 11.6 Å². The first-order valence-electron chi connectivity index (χ1n) is 8.16. The van der Waals surface area contributed by atoms with Gasteiger partial charge in [-0.25, -0.2) is 9.97 Å². The maximum absolute atomic E-state index is 12.8. The molecule has 6 heteroatoms. The molecule has 1 aromatic heterocycles. The molecule has 0 aliphatic rings. The second-order valence-corrected chi connectivity index (χ2v) is 6.41. The predicted octanol–water partition coefficient (Wildman–Crippen LogP) is 4.77. The Kier molecular flexibility index (Phi) is 5.19. The van der Waals surface area contributed by atoms with Gasteiger partial charge in [0.25, 0.3) is 5.91 Å². The molecule has 0 radical (unpaired) electrons. The van der Waals surface area contributed by atoms with E-state index < -0.39 is 0 Å². The van der Waals surface area contributed by atoms with Crippen LogP contribution in [0.25, 0.3) is 0 Å². The van der Waals surface area contributed by atoms with Crippen molar-refractivity contribution in [1.82, 2.24) is 9.97 Å². The highest BCUT2D eigenvalue weighted by atomic mass is 35.5. The van der Waals surface area contributed by atoms with E-state index in [0.29, 0.717) is 22.4 Å². The zero-order valence-electron chi connectivity index (χ0n) is 14.8. The van der Waals surface area contributed by atoms with E-state index in [1.165, 1.54) is 0 Å². The van der Waals surface area contributed by atoms with Crippen LogP contribution in [-0.2, 0) is 0 Å². The third-order valence-electron chi connectivity index (χ3n) is 3.97. The fraction of sp³-hybridized carbons (Fsp3) is 0.150. The Morgan fingerprint density at radius 1 is 1.04 bits per heavy atom. The monoisotopic (exact) mass is 366 g/mol. The predicted molar refractivity (Wildman–Crippen MR) is 105 cm³/mol. The van der Waals surface area contributed by atoms with E-state index in [1.54, 1.807) is 24.9 Å². The molecule has 0 spiro atoms. The van der Waals surface area contributed by atoms with E-state index in [2.05, 4.69) is 15.3 Å². The summed E-state index contributed by atoms with van der Waals surface area (Å²) in [6.07, 6.45) is 0. The van der Waals surface area contributed by atoms with Crippen molar-refractivity contribution in [1.29, 1.82) is 0 Å². The van der Waals surface area contributed by atoms with E-state index in [4.69, 9.17) is 11.6 Å². The van der Waals surface area contributed by atoms with Crippen LogP contribution in [-0.4, -0.2) is 22.9 Å². The number of carbonyl (C=O) groups excluding carboxylic acids is 1. The number of nitrogens with zero attached hydrogens (tertiary/aromatic N) is 3. The van der Waals surface area contributed by atoms with Crippen molar-refractivity contribution >= 4 is 34.7 Å². The van der Waals surface area contributed by atoms with Crippen LogP contribution in [0.3, 0.4) is 0 Å². The lowest BCUT2D eigenvalue weighted by Gasteiger charge is -2.17. The van der Waals surface area contributed by atoms with Gasteiger partial charge < -0.3 is 10.2 Å². The summed E-state index contributed by atoms with van der Waals surface area (Å²) in [6, 6.07) is 16.7. The van der Waals surface area contributed by atoms with Crippen LogP contribution in [0.2, 0.25) is 5.02 Å². The van der Waals surface area contributed by atoms with Crippen molar-refractivity contribution < 1.29 is 4.79 Å². The fourth-order valence-corrected chi connectivity index (χ4v) is 2.72. The maximum atomic E-state index is 12.8. The molecular weight excluding hydrogens is 348 g/mol. The molecule has 5 nitrogen and oxygen atoms in total.